The van der Waals surface area contributed by atoms with Gasteiger partial charge in [-0.3, -0.25) is 33.6 Å². The molecular formula is C132H246O14. The van der Waals surface area contributed by atoms with Crippen molar-refractivity contribution in [3.05, 3.63) is 0 Å². The first-order valence-electron chi connectivity index (χ1n) is 62.7. The molecule has 18 fully saturated rings. The van der Waals surface area contributed by atoms with E-state index in [1.165, 1.54) is 205 Å². The molecule has 0 aromatic rings. The van der Waals surface area contributed by atoms with Crippen LogP contribution in [-0.2, 0) is 66.7 Å². The first-order chi connectivity index (χ1) is 68.0. The standard InChI is InChI=1S/C19H32O2.2C17H28O2.3C17H30O2.C14H26O2.7C2H6/c1-6-17(2,3)16(20)21-18(4,5)19-10-13-7-14(11-19)9-15(8-13)12-19;1-5-16(2,3)15(18)19-17(4)13-7-11-6-12(9-13)10-14(17)8-11;1-5-16(2,3)15(18)19-17(4)10-11-9-14(17)13-8-6-7-12(11)13;1-8-14(2,3)13(18)19-17(7)11-12-9-10-16(17,6)15(12,4)5;1-5-16(2,3)15(18)19-17(4)12-8-10-13-9-6-7-11-14(13)17;1-5-16(2,3)15(18)19-17(4)11-10-13-8-6-7-9-14(13)12-17;1-5-13(2,3)12(15)16-14(4)10-8-6-7-9-11-14;7*1-2/h13-15H,6-12H2,1-5H3;2*11-14H,5-10H2,1-4H3;12H,8-11H2,1-7H3;2*13-14H,5-12H2,1-4H3;5-11H2,1-4H3;7*1-2H3. The fraction of sp³-hybridized carbons (Fsp3) is 0.947. The van der Waals surface area contributed by atoms with Crippen LogP contribution >= 0.6 is 0 Å². The summed E-state index contributed by atoms with van der Waals surface area (Å²) in [7, 11) is 0. The van der Waals surface area contributed by atoms with Crippen LogP contribution in [0.4, 0.5) is 0 Å². The molecule has 18 rings (SSSR count). The van der Waals surface area contributed by atoms with Crippen molar-refractivity contribution in [2.75, 3.05) is 0 Å². The molecule has 14 atom stereocenters. The summed E-state index contributed by atoms with van der Waals surface area (Å²) >= 11 is 0. The summed E-state index contributed by atoms with van der Waals surface area (Å²) in [5.41, 5.74) is -3.33. The van der Waals surface area contributed by atoms with Gasteiger partial charge in [-0.05, 0) is 472 Å². The number of ether oxygens (including phenoxy) is 7. The van der Waals surface area contributed by atoms with Gasteiger partial charge in [0.2, 0.25) is 0 Å². The maximum Gasteiger partial charge on any atom is 0.312 e. The molecule has 0 aromatic heterocycles. The highest BCUT2D eigenvalue weighted by molar-refractivity contribution is 5.79. The molecule has 14 unspecified atom stereocenters. The number of esters is 7. The molecule has 858 valence electrons. The third-order valence-electron chi connectivity index (χ3n) is 42.3. The Morgan fingerprint density at radius 2 is 0.610 bits per heavy atom. The Kier molecular flexibility index (Phi) is 53.5. The van der Waals surface area contributed by atoms with E-state index in [1.807, 2.05) is 201 Å². The molecule has 0 spiro atoms. The number of carbonyl (C=O) groups excluding carboxylic acids is 7. The van der Waals surface area contributed by atoms with Crippen molar-refractivity contribution in [1.29, 1.82) is 0 Å². The smallest absolute Gasteiger partial charge is 0.312 e. The van der Waals surface area contributed by atoms with E-state index >= 15 is 0 Å². The van der Waals surface area contributed by atoms with Gasteiger partial charge in [-0.15, -0.1) is 0 Å². The quantitative estimate of drug-likeness (QED) is 0.0566. The maximum absolute atomic E-state index is 12.6. The minimum absolute atomic E-state index is 0.00345. The van der Waals surface area contributed by atoms with Crippen molar-refractivity contribution < 1.29 is 66.7 Å². The normalized spacial score (nSPS) is 34.3. The van der Waals surface area contributed by atoms with Gasteiger partial charge < -0.3 is 33.2 Å². The number of hydrogen-bond acceptors (Lipinski definition) is 14. The van der Waals surface area contributed by atoms with Gasteiger partial charge in [-0.1, -0.05) is 230 Å². The average molecular weight is 2060 g/mol. The Bertz CT molecular complexity index is 3810. The SMILES string of the molecule is CC.CC.CC.CC.CC.CC.CC.CCC(C)(C)C(=O)OC(C)(C)C12CC3CC(CC(C3)C1)C2.CCC(C)(C)C(=O)OC1(C)C2CC3CC(C2)CC1C3.CCC(C)(C)C(=O)OC1(C)CC2CC1C1CCCC21.CCC(C)(C)C(=O)OC1(C)CC2CCC1(C)C2(C)C.CCC(C)(C)C(=O)OC1(C)CCC2CCCCC2C1.CCC(C)(C)C(=O)OC1(C)CCCC2CCCCC21.CCC(C)(C)C(=O)OC1(C)CCCCCC1. The van der Waals surface area contributed by atoms with Crippen molar-refractivity contribution in [3.63, 3.8) is 0 Å². The fourth-order valence-corrected chi connectivity index (χ4v) is 29.1. The first kappa shape index (κ1) is 136. The van der Waals surface area contributed by atoms with Gasteiger partial charge >= 0.3 is 41.8 Å². The molecule has 18 aliphatic rings. The highest BCUT2D eigenvalue weighted by atomic mass is 16.6. The lowest BCUT2D eigenvalue weighted by Crippen LogP contribution is -2.58. The van der Waals surface area contributed by atoms with E-state index in [-0.39, 0.29) is 135 Å². The van der Waals surface area contributed by atoms with Gasteiger partial charge in [0, 0.05) is 22.7 Å². The predicted octanol–water partition coefficient (Wildman–Crippen LogP) is 38.6. The Labute approximate surface area is 904 Å². The lowest BCUT2D eigenvalue weighted by Gasteiger charge is -2.61. The topological polar surface area (TPSA) is 184 Å². The molecule has 0 N–H and O–H groups in total. The summed E-state index contributed by atoms with van der Waals surface area (Å²) in [6, 6.07) is 0. The Morgan fingerprint density at radius 3 is 1.02 bits per heavy atom. The van der Waals surface area contributed by atoms with E-state index in [0.717, 1.165) is 155 Å². The van der Waals surface area contributed by atoms with E-state index in [2.05, 4.69) is 118 Å². The number of rotatable bonds is 22. The predicted molar refractivity (Wildman–Crippen MR) is 615 cm³/mol. The molecule has 0 aromatic carbocycles. The van der Waals surface area contributed by atoms with Gasteiger partial charge in [-0.25, -0.2) is 0 Å². The van der Waals surface area contributed by atoms with E-state index in [9.17, 15) is 33.6 Å². The molecule has 14 heteroatoms. The zero-order valence-electron chi connectivity index (χ0n) is 105. The van der Waals surface area contributed by atoms with Crippen molar-refractivity contribution in [1.82, 2.24) is 0 Å². The molecule has 0 amide bonds. The fourth-order valence-electron chi connectivity index (χ4n) is 29.1. The minimum Gasteiger partial charge on any atom is -0.459 e. The summed E-state index contributed by atoms with van der Waals surface area (Å²) in [4.78, 5) is 86.7. The zero-order valence-corrected chi connectivity index (χ0v) is 105. The number of hydrogen-bond donors (Lipinski definition) is 0. The second-order valence-electron chi connectivity index (χ2n) is 54.9. The molecular weight excluding hydrogens is 1810 g/mol. The molecule has 0 radical (unpaired) electrons. The van der Waals surface area contributed by atoms with Crippen LogP contribution in [-0.4, -0.2) is 81.0 Å². The second-order valence-corrected chi connectivity index (χ2v) is 54.9. The Morgan fingerprint density at radius 1 is 0.253 bits per heavy atom. The average Bonchev–Trinajstić information content (AvgIpc) is 1.53. The molecule has 18 aliphatic carbocycles. The summed E-state index contributed by atoms with van der Waals surface area (Å²) in [5, 5.41) is 0. The Hall–Kier alpha value is -3.71. The van der Waals surface area contributed by atoms with Gasteiger partial charge in [0.1, 0.15) is 39.2 Å². The van der Waals surface area contributed by atoms with Gasteiger partial charge in [0.05, 0.1) is 37.9 Å². The monoisotopic (exact) mass is 2060 g/mol. The van der Waals surface area contributed by atoms with E-state index in [1.54, 1.807) is 0 Å². The van der Waals surface area contributed by atoms with Crippen molar-refractivity contribution in [2.24, 2.45) is 149 Å². The van der Waals surface area contributed by atoms with Gasteiger partial charge in [0.15, 0.2) is 0 Å². The lowest BCUT2D eigenvalue weighted by atomic mass is 9.46. The van der Waals surface area contributed by atoms with Crippen LogP contribution in [0.3, 0.4) is 0 Å². The summed E-state index contributed by atoms with van der Waals surface area (Å²) in [5.74, 6) is 12.8. The van der Waals surface area contributed by atoms with Gasteiger partial charge in [0.25, 0.3) is 0 Å². The van der Waals surface area contributed by atoms with Crippen LogP contribution in [0.15, 0.2) is 0 Å². The van der Waals surface area contributed by atoms with Gasteiger partial charge in [-0.2, -0.15) is 0 Å². The molecule has 12 bridgehead atoms. The van der Waals surface area contributed by atoms with Crippen molar-refractivity contribution >= 4 is 41.8 Å². The summed E-state index contributed by atoms with van der Waals surface area (Å²) in [6.45, 7) is 94.8. The van der Waals surface area contributed by atoms with Crippen LogP contribution in [0.25, 0.3) is 0 Å². The van der Waals surface area contributed by atoms with Crippen LogP contribution in [0.1, 0.15) is 614 Å². The van der Waals surface area contributed by atoms with Crippen LogP contribution in [0.2, 0.25) is 0 Å². The molecule has 18 saturated carbocycles. The summed E-state index contributed by atoms with van der Waals surface area (Å²) < 4.78 is 42.2. The summed E-state index contributed by atoms with van der Waals surface area (Å²) in [6.07, 6.45) is 55.6. The van der Waals surface area contributed by atoms with Crippen molar-refractivity contribution in [3.8, 4) is 0 Å². The molecule has 146 heavy (non-hydrogen) atoms. The van der Waals surface area contributed by atoms with Crippen LogP contribution in [0.5, 0.6) is 0 Å². The number of fused-ring (bicyclic) bond motifs is 9. The maximum atomic E-state index is 12.6. The molecule has 14 nitrogen and oxygen atoms in total. The Balaban J connectivity index is 0.000000429. The number of carbonyl (C=O) groups is 7. The van der Waals surface area contributed by atoms with Crippen LogP contribution in [0, 0.1) is 149 Å². The molecule has 0 saturated heterocycles. The highest BCUT2D eigenvalue weighted by Gasteiger charge is 2.70. The molecule has 0 aliphatic heterocycles. The highest BCUT2D eigenvalue weighted by Crippen LogP contribution is 2.72. The zero-order chi connectivity index (χ0) is 112. The van der Waals surface area contributed by atoms with E-state index in [4.69, 9.17) is 33.2 Å². The molecule has 0 heterocycles. The minimum atomic E-state index is -0.370. The first-order valence-corrected chi connectivity index (χ1v) is 62.7. The van der Waals surface area contributed by atoms with Crippen LogP contribution < -0.4 is 0 Å². The largest absolute Gasteiger partial charge is 0.459 e. The third kappa shape index (κ3) is 33.0. The lowest BCUT2D eigenvalue weighted by molar-refractivity contribution is -0.211. The van der Waals surface area contributed by atoms with Crippen molar-refractivity contribution in [2.45, 2.75) is 653 Å². The van der Waals surface area contributed by atoms with E-state index < -0.39 is 0 Å². The third-order valence-corrected chi connectivity index (χ3v) is 42.3. The van der Waals surface area contributed by atoms with E-state index in [0.29, 0.717) is 29.6 Å². The second kappa shape index (κ2) is 57.3.